The van der Waals surface area contributed by atoms with Crippen LogP contribution in [0.2, 0.25) is 5.02 Å². The monoisotopic (exact) mass is 834 g/mol. The number of benzene rings is 3. The summed E-state index contributed by atoms with van der Waals surface area (Å²) < 4.78 is 6.41. The second-order valence-electron chi connectivity index (χ2n) is 13.1. The number of imide groups is 2. The molecule has 6 unspecified atom stereocenters. The van der Waals surface area contributed by atoms with Crippen LogP contribution >= 0.6 is 54.8 Å². The van der Waals surface area contributed by atoms with Gasteiger partial charge in [0.05, 0.1) is 47.0 Å². The molecule has 0 bridgehead atoms. The first kappa shape index (κ1) is 33.4. The van der Waals surface area contributed by atoms with Gasteiger partial charge in [0.2, 0.25) is 23.6 Å². The number of anilines is 1. The molecule has 4 aromatic rings. The summed E-state index contributed by atoms with van der Waals surface area (Å²) in [4.78, 5) is 62.2. The Kier molecular flexibility index (Phi) is 8.33. The molecule has 8 nitrogen and oxygen atoms in total. The summed E-state index contributed by atoms with van der Waals surface area (Å²) >= 11 is 15.1. The summed E-state index contributed by atoms with van der Waals surface area (Å²) in [5.74, 6) is -4.79. The molecule has 50 heavy (non-hydrogen) atoms. The number of carbonyl (C=O) groups is 4. The van der Waals surface area contributed by atoms with E-state index in [2.05, 4.69) is 31.9 Å². The van der Waals surface area contributed by atoms with Crippen LogP contribution < -0.4 is 9.64 Å². The first-order valence-corrected chi connectivity index (χ1v) is 19.0. The van der Waals surface area contributed by atoms with Gasteiger partial charge in [-0.25, -0.2) is 4.90 Å². The topological polar surface area (TPSA) is 104 Å². The van der Waals surface area contributed by atoms with Crippen molar-refractivity contribution in [2.75, 3.05) is 12.0 Å². The minimum Gasteiger partial charge on any atom is -0.503 e. The first-order chi connectivity index (χ1) is 24.1. The smallest absolute Gasteiger partial charge is 0.246 e. The molecule has 1 N–H and O–H groups in total. The van der Waals surface area contributed by atoms with E-state index in [1.807, 2.05) is 53.9 Å². The number of carbonyl (C=O) groups excluding carboxylic acids is 4. The average molecular weight is 837 g/mol. The number of methoxy groups -OCH3 is 1. The molecule has 2 aliphatic heterocycles. The number of halogens is 3. The minimum atomic E-state index is -1.47. The van der Waals surface area contributed by atoms with Crippen LogP contribution in [0, 0.1) is 23.7 Å². The van der Waals surface area contributed by atoms with Crippen LogP contribution in [0.25, 0.3) is 0 Å². The van der Waals surface area contributed by atoms with Crippen molar-refractivity contribution in [2.24, 2.45) is 23.7 Å². The van der Waals surface area contributed by atoms with Gasteiger partial charge in [-0.1, -0.05) is 65.7 Å². The standard InChI is InChI=1S/C38H29Br2ClN2O6S/c1-49-28-17-26(31(39)32(40)33(28)44)30-23-12-13-24-29(36(47)42(34(24)45)18-22-11-6-14-50-22)25(23)16-27-35(46)43(21-10-5-9-20(41)15-21)37(48)38(27,30)19-7-3-2-4-8-19/h2-12,14-15,17,24-25,27,29-30,44H,13,16,18H2,1H3. The van der Waals surface area contributed by atoms with E-state index in [0.717, 1.165) is 10.5 Å². The number of fused-ring (bicyclic) bond motifs is 4. The van der Waals surface area contributed by atoms with Gasteiger partial charge in [-0.05, 0) is 97.5 Å². The highest BCUT2D eigenvalue weighted by molar-refractivity contribution is 9.13. The van der Waals surface area contributed by atoms with Crippen molar-refractivity contribution in [3.63, 3.8) is 0 Å². The number of phenols is 1. The molecule has 3 fully saturated rings. The molecule has 8 rings (SSSR count). The molecule has 254 valence electrons. The summed E-state index contributed by atoms with van der Waals surface area (Å²) in [5.41, 5.74) is 0.921. The number of allylic oxidation sites excluding steroid dienone is 2. The maximum atomic E-state index is 15.4. The molecule has 3 aromatic carbocycles. The Hall–Kier alpha value is -3.77. The average Bonchev–Trinajstić information content (AvgIpc) is 3.79. The minimum absolute atomic E-state index is 0.131. The van der Waals surface area contributed by atoms with E-state index >= 15 is 4.79 Å². The number of amides is 4. The van der Waals surface area contributed by atoms with Crippen LogP contribution in [-0.2, 0) is 31.1 Å². The van der Waals surface area contributed by atoms with E-state index in [4.69, 9.17) is 16.3 Å². The third-order valence-electron chi connectivity index (χ3n) is 10.9. The highest BCUT2D eigenvalue weighted by atomic mass is 79.9. The number of phenolic OH excluding ortho intramolecular Hbond substituents is 1. The van der Waals surface area contributed by atoms with E-state index in [9.17, 15) is 19.5 Å². The molecule has 2 saturated heterocycles. The van der Waals surface area contributed by atoms with Gasteiger partial charge < -0.3 is 9.84 Å². The fraction of sp³-hybridized carbons (Fsp3) is 0.263. The van der Waals surface area contributed by atoms with E-state index in [0.29, 0.717) is 37.2 Å². The van der Waals surface area contributed by atoms with Gasteiger partial charge in [-0.2, -0.15) is 0 Å². The van der Waals surface area contributed by atoms with Gasteiger partial charge in [-0.15, -0.1) is 11.3 Å². The van der Waals surface area contributed by atoms with Crippen LogP contribution in [-0.4, -0.2) is 40.7 Å². The molecule has 3 heterocycles. The number of nitrogens with zero attached hydrogens (tertiary/aromatic N) is 2. The van der Waals surface area contributed by atoms with Crippen molar-refractivity contribution >= 4 is 84.1 Å². The van der Waals surface area contributed by atoms with Crippen molar-refractivity contribution in [1.29, 1.82) is 0 Å². The van der Waals surface area contributed by atoms with E-state index in [1.165, 1.54) is 28.2 Å². The Morgan fingerprint density at radius 1 is 0.940 bits per heavy atom. The second kappa shape index (κ2) is 12.5. The summed E-state index contributed by atoms with van der Waals surface area (Å²) in [6.45, 7) is 0.193. The molecule has 2 aliphatic carbocycles. The number of rotatable bonds is 6. The lowest BCUT2D eigenvalue weighted by Crippen LogP contribution is -2.53. The summed E-state index contributed by atoms with van der Waals surface area (Å²) in [6, 6.07) is 21.4. The Morgan fingerprint density at radius 2 is 1.72 bits per heavy atom. The first-order valence-electron chi connectivity index (χ1n) is 16.1. The lowest BCUT2D eigenvalue weighted by atomic mass is 9.49. The number of likely N-dealkylation sites (tertiary alicyclic amines) is 1. The second-order valence-corrected chi connectivity index (χ2v) is 16.1. The largest absolute Gasteiger partial charge is 0.503 e. The molecule has 0 radical (unpaired) electrons. The fourth-order valence-corrected chi connectivity index (χ4v) is 10.7. The van der Waals surface area contributed by atoms with E-state index in [-0.39, 0.29) is 36.3 Å². The number of aromatic hydroxyl groups is 1. The van der Waals surface area contributed by atoms with Gasteiger partial charge in [0.1, 0.15) is 0 Å². The zero-order valence-corrected chi connectivity index (χ0v) is 31.3. The van der Waals surface area contributed by atoms with Crippen molar-refractivity contribution < 1.29 is 29.0 Å². The molecule has 1 aromatic heterocycles. The van der Waals surface area contributed by atoms with E-state index < -0.39 is 46.8 Å². The quantitative estimate of drug-likeness (QED) is 0.156. The van der Waals surface area contributed by atoms with Crippen LogP contribution in [0.1, 0.15) is 34.8 Å². The third-order valence-corrected chi connectivity index (χ3v) is 14.1. The maximum Gasteiger partial charge on any atom is 0.246 e. The van der Waals surface area contributed by atoms with Crippen LogP contribution in [0.15, 0.2) is 98.8 Å². The van der Waals surface area contributed by atoms with Crippen molar-refractivity contribution in [2.45, 2.75) is 30.7 Å². The van der Waals surface area contributed by atoms with Crippen molar-refractivity contribution in [1.82, 2.24) is 4.90 Å². The predicted molar refractivity (Wildman–Crippen MR) is 196 cm³/mol. The molecular weight excluding hydrogens is 808 g/mol. The Bertz CT molecular complexity index is 2120. The zero-order valence-electron chi connectivity index (χ0n) is 26.5. The number of thiophene rings is 1. The molecule has 1 saturated carbocycles. The SMILES string of the molecule is COc1cc(C2C3=CCC4C(=O)N(Cc5cccs5)C(=O)C4C3CC3C(=O)N(c4cccc(Cl)c4)C(=O)C32c2ccccc2)c(Br)c(Br)c1O. The van der Waals surface area contributed by atoms with Crippen LogP contribution in [0.3, 0.4) is 0 Å². The Labute approximate surface area is 313 Å². The van der Waals surface area contributed by atoms with Gasteiger partial charge in [0.25, 0.3) is 0 Å². The van der Waals surface area contributed by atoms with Crippen LogP contribution in [0.5, 0.6) is 11.5 Å². The summed E-state index contributed by atoms with van der Waals surface area (Å²) in [6.07, 6.45) is 2.50. The van der Waals surface area contributed by atoms with Gasteiger partial charge in [0, 0.05) is 20.3 Å². The lowest BCUT2D eigenvalue weighted by molar-refractivity contribution is -0.141. The number of hydrogen-bond donors (Lipinski definition) is 1. The molecule has 12 heteroatoms. The predicted octanol–water partition coefficient (Wildman–Crippen LogP) is 8.00. The highest BCUT2D eigenvalue weighted by Crippen LogP contribution is 2.66. The maximum absolute atomic E-state index is 15.4. The van der Waals surface area contributed by atoms with Gasteiger partial charge in [-0.3, -0.25) is 24.1 Å². The molecular formula is C38H29Br2ClN2O6S. The highest BCUT2D eigenvalue weighted by Gasteiger charge is 2.70. The number of hydrogen-bond acceptors (Lipinski definition) is 7. The third kappa shape index (κ3) is 4.73. The van der Waals surface area contributed by atoms with E-state index in [1.54, 1.807) is 30.3 Å². The molecule has 4 amide bonds. The lowest BCUT2D eigenvalue weighted by Gasteiger charge is -2.51. The summed E-state index contributed by atoms with van der Waals surface area (Å²) in [7, 11) is 1.44. The van der Waals surface area contributed by atoms with Gasteiger partial charge >= 0.3 is 0 Å². The Balaban J connectivity index is 1.38. The fourth-order valence-electron chi connectivity index (χ4n) is 8.85. The van der Waals surface area contributed by atoms with Crippen molar-refractivity contribution in [3.8, 4) is 11.5 Å². The summed E-state index contributed by atoms with van der Waals surface area (Å²) in [5, 5.41) is 13.3. The zero-order chi connectivity index (χ0) is 35.1. The molecule has 0 spiro atoms. The number of ether oxygens (including phenoxy) is 1. The Morgan fingerprint density at radius 3 is 2.42 bits per heavy atom. The van der Waals surface area contributed by atoms with Gasteiger partial charge in [0.15, 0.2) is 11.5 Å². The molecule has 4 aliphatic rings. The van der Waals surface area contributed by atoms with Crippen LogP contribution in [0.4, 0.5) is 5.69 Å². The normalized spacial score (nSPS) is 27.3. The molecule has 6 atom stereocenters. The van der Waals surface area contributed by atoms with Crippen molar-refractivity contribution in [3.05, 3.63) is 120 Å².